The normalized spacial score (nSPS) is 12.9. The third kappa shape index (κ3) is 4.14. The first-order chi connectivity index (χ1) is 14.2. The predicted molar refractivity (Wildman–Crippen MR) is 110 cm³/mol. The van der Waals surface area contributed by atoms with Crippen molar-refractivity contribution in [2.45, 2.75) is 26.1 Å². The number of hydrogen-bond acceptors (Lipinski definition) is 5. The number of fused-ring (bicyclic) bond motifs is 2. The standard InChI is InChI=1S/C22H25N3O4/c1-27-19-11-21-20(28-8-9-29-21)10-15(19)12-24-13-16-14-25(7-6-22(23)26)18-5-3-2-4-17(16)18/h2-5,10-11,14,24H,6-9,12-13H2,1H3,(H2,23,26). The predicted octanol–water partition coefficient (Wildman–Crippen LogP) is 2.59. The van der Waals surface area contributed by atoms with Crippen molar-refractivity contribution in [1.29, 1.82) is 0 Å². The van der Waals surface area contributed by atoms with E-state index in [1.807, 2.05) is 24.3 Å². The molecule has 0 saturated carbocycles. The number of hydrogen-bond donors (Lipinski definition) is 2. The molecular formula is C22H25N3O4. The largest absolute Gasteiger partial charge is 0.496 e. The summed E-state index contributed by atoms with van der Waals surface area (Å²) in [5.74, 6) is 1.94. The second-order valence-electron chi connectivity index (χ2n) is 6.99. The first-order valence-electron chi connectivity index (χ1n) is 9.68. The van der Waals surface area contributed by atoms with Crippen LogP contribution in [-0.2, 0) is 24.4 Å². The van der Waals surface area contributed by atoms with Gasteiger partial charge in [-0.15, -0.1) is 0 Å². The number of rotatable bonds is 8. The van der Waals surface area contributed by atoms with Crippen LogP contribution in [0, 0.1) is 0 Å². The van der Waals surface area contributed by atoms with Crippen molar-refractivity contribution in [2.24, 2.45) is 5.73 Å². The van der Waals surface area contributed by atoms with Crippen LogP contribution in [0.5, 0.6) is 17.2 Å². The number of ether oxygens (including phenoxy) is 3. The van der Waals surface area contributed by atoms with Gasteiger partial charge in [-0.3, -0.25) is 4.79 Å². The molecule has 0 aliphatic carbocycles. The molecule has 0 spiro atoms. The monoisotopic (exact) mass is 395 g/mol. The minimum Gasteiger partial charge on any atom is -0.496 e. The molecule has 0 radical (unpaired) electrons. The van der Waals surface area contributed by atoms with Crippen LogP contribution in [0.2, 0.25) is 0 Å². The Morgan fingerprint density at radius 2 is 1.86 bits per heavy atom. The quantitative estimate of drug-likeness (QED) is 0.612. The van der Waals surface area contributed by atoms with Gasteiger partial charge in [0.15, 0.2) is 11.5 Å². The Bertz CT molecular complexity index is 1030. The molecule has 0 atom stereocenters. The van der Waals surface area contributed by atoms with Crippen molar-refractivity contribution >= 4 is 16.8 Å². The Balaban J connectivity index is 1.50. The molecule has 1 aliphatic heterocycles. The lowest BCUT2D eigenvalue weighted by molar-refractivity contribution is -0.118. The van der Waals surface area contributed by atoms with Crippen LogP contribution >= 0.6 is 0 Å². The van der Waals surface area contributed by atoms with E-state index in [1.165, 1.54) is 10.9 Å². The number of para-hydroxylation sites is 1. The summed E-state index contributed by atoms with van der Waals surface area (Å²) in [5, 5.41) is 4.65. The minimum absolute atomic E-state index is 0.298. The van der Waals surface area contributed by atoms with E-state index in [0.29, 0.717) is 39.3 Å². The molecule has 2 heterocycles. The fourth-order valence-electron chi connectivity index (χ4n) is 3.65. The Hall–Kier alpha value is -3.19. The molecule has 1 amide bonds. The fraction of sp³-hybridized carbons (Fsp3) is 0.318. The average Bonchev–Trinajstić information content (AvgIpc) is 3.09. The van der Waals surface area contributed by atoms with Crippen LogP contribution in [0.4, 0.5) is 0 Å². The number of nitrogens with one attached hydrogen (secondary N) is 1. The van der Waals surface area contributed by atoms with Gasteiger partial charge in [-0.05, 0) is 17.7 Å². The molecule has 1 aliphatic rings. The number of methoxy groups -OCH3 is 1. The smallest absolute Gasteiger partial charge is 0.219 e. The summed E-state index contributed by atoms with van der Waals surface area (Å²) < 4.78 is 18.9. The minimum atomic E-state index is -0.298. The number of carbonyl (C=O) groups excluding carboxylic acids is 1. The Kier molecular flexibility index (Phi) is 5.57. The highest BCUT2D eigenvalue weighted by atomic mass is 16.6. The number of aromatic nitrogens is 1. The zero-order chi connectivity index (χ0) is 20.2. The van der Waals surface area contributed by atoms with E-state index >= 15 is 0 Å². The molecule has 0 bridgehead atoms. The molecule has 152 valence electrons. The highest BCUT2D eigenvalue weighted by Crippen LogP contribution is 2.36. The number of benzene rings is 2. The van der Waals surface area contributed by atoms with Gasteiger partial charge in [0, 0.05) is 54.8 Å². The van der Waals surface area contributed by atoms with Crippen LogP contribution in [0.25, 0.3) is 10.9 Å². The molecule has 2 aromatic carbocycles. The van der Waals surface area contributed by atoms with Crippen molar-refractivity contribution in [2.75, 3.05) is 20.3 Å². The Morgan fingerprint density at radius 1 is 1.14 bits per heavy atom. The van der Waals surface area contributed by atoms with Crippen molar-refractivity contribution in [3.63, 3.8) is 0 Å². The lowest BCUT2D eigenvalue weighted by atomic mass is 10.1. The molecule has 1 aromatic heterocycles. The summed E-state index contributed by atoms with van der Waals surface area (Å²) in [4.78, 5) is 11.2. The number of primary amides is 1. The van der Waals surface area contributed by atoms with E-state index in [0.717, 1.165) is 28.3 Å². The van der Waals surface area contributed by atoms with Crippen molar-refractivity contribution in [3.05, 3.63) is 53.7 Å². The molecule has 7 nitrogen and oxygen atoms in total. The molecule has 0 saturated heterocycles. The van der Waals surface area contributed by atoms with Gasteiger partial charge >= 0.3 is 0 Å². The van der Waals surface area contributed by atoms with Crippen LogP contribution in [-0.4, -0.2) is 30.8 Å². The first kappa shape index (κ1) is 19.1. The van der Waals surface area contributed by atoms with Crippen molar-refractivity contribution < 1.29 is 19.0 Å². The maximum atomic E-state index is 11.2. The summed E-state index contributed by atoms with van der Waals surface area (Å²) in [6.07, 6.45) is 2.40. The number of carbonyl (C=O) groups is 1. The summed E-state index contributed by atoms with van der Waals surface area (Å²) >= 11 is 0. The van der Waals surface area contributed by atoms with Gasteiger partial charge in [0.05, 0.1) is 7.11 Å². The van der Waals surface area contributed by atoms with Crippen LogP contribution in [0.3, 0.4) is 0 Å². The molecule has 3 aromatic rings. The molecule has 4 rings (SSSR count). The third-order valence-corrected chi connectivity index (χ3v) is 5.05. The van der Waals surface area contributed by atoms with Crippen LogP contribution < -0.4 is 25.3 Å². The van der Waals surface area contributed by atoms with E-state index in [9.17, 15) is 4.79 Å². The summed E-state index contributed by atoms with van der Waals surface area (Å²) in [7, 11) is 1.65. The molecule has 29 heavy (non-hydrogen) atoms. The lowest BCUT2D eigenvalue weighted by Crippen LogP contribution is -2.17. The summed E-state index contributed by atoms with van der Waals surface area (Å²) in [6.45, 7) is 2.98. The molecular weight excluding hydrogens is 370 g/mol. The van der Waals surface area contributed by atoms with E-state index in [1.54, 1.807) is 7.11 Å². The fourth-order valence-corrected chi connectivity index (χ4v) is 3.65. The van der Waals surface area contributed by atoms with Gasteiger partial charge in [0.2, 0.25) is 5.91 Å². The highest BCUT2D eigenvalue weighted by Gasteiger charge is 2.16. The zero-order valence-corrected chi connectivity index (χ0v) is 16.4. The van der Waals surface area contributed by atoms with E-state index in [4.69, 9.17) is 19.9 Å². The molecule has 7 heteroatoms. The van der Waals surface area contributed by atoms with Crippen LogP contribution in [0.1, 0.15) is 17.5 Å². The number of nitrogens with two attached hydrogens (primary N) is 1. The van der Waals surface area contributed by atoms with Crippen molar-refractivity contribution in [1.82, 2.24) is 9.88 Å². The van der Waals surface area contributed by atoms with Gasteiger partial charge in [0.25, 0.3) is 0 Å². The van der Waals surface area contributed by atoms with Gasteiger partial charge < -0.3 is 29.8 Å². The Morgan fingerprint density at radius 3 is 2.62 bits per heavy atom. The van der Waals surface area contributed by atoms with Crippen LogP contribution in [0.15, 0.2) is 42.6 Å². The van der Waals surface area contributed by atoms with Gasteiger partial charge in [-0.25, -0.2) is 0 Å². The van der Waals surface area contributed by atoms with Gasteiger partial charge in [-0.1, -0.05) is 18.2 Å². The maximum Gasteiger partial charge on any atom is 0.219 e. The summed E-state index contributed by atoms with van der Waals surface area (Å²) in [5.41, 5.74) is 8.59. The first-order valence-corrected chi connectivity index (χ1v) is 9.68. The zero-order valence-electron chi connectivity index (χ0n) is 16.4. The topological polar surface area (TPSA) is 87.7 Å². The van der Waals surface area contributed by atoms with Gasteiger partial charge in [0.1, 0.15) is 19.0 Å². The SMILES string of the molecule is COc1cc2c(cc1CNCc1cn(CCC(N)=O)c3ccccc13)OCCO2. The lowest BCUT2D eigenvalue weighted by Gasteiger charge is -2.21. The van der Waals surface area contributed by atoms with Crippen molar-refractivity contribution in [3.8, 4) is 17.2 Å². The van der Waals surface area contributed by atoms with E-state index in [-0.39, 0.29) is 5.91 Å². The van der Waals surface area contributed by atoms with E-state index in [2.05, 4.69) is 28.2 Å². The third-order valence-electron chi connectivity index (χ3n) is 5.05. The molecule has 0 unspecified atom stereocenters. The molecule has 3 N–H and O–H groups in total. The van der Waals surface area contributed by atoms with E-state index < -0.39 is 0 Å². The summed E-state index contributed by atoms with van der Waals surface area (Å²) in [6, 6.07) is 12.0. The number of nitrogens with zero attached hydrogens (tertiary/aromatic N) is 1. The second-order valence-corrected chi connectivity index (χ2v) is 6.99. The number of amides is 1. The average molecular weight is 395 g/mol. The highest BCUT2D eigenvalue weighted by molar-refractivity contribution is 5.84. The maximum absolute atomic E-state index is 11.2. The van der Waals surface area contributed by atoms with Gasteiger partial charge in [-0.2, -0.15) is 0 Å². The molecule has 0 fully saturated rings. The number of aryl methyl sites for hydroxylation is 1. The second kappa shape index (κ2) is 8.45. The Labute approximate surface area is 169 Å².